The Morgan fingerprint density at radius 3 is 2.68 bits per heavy atom. The average Bonchev–Trinajstić information content (AvgIpc) is 2.85. The van der Waals surface area contributed by atoms with Gasteiger partial charge in [0.05, 0.1) is 11.5 Å². The highest BCUT2D eigenvalue weighted by molar-refractivity contribution is 5.80. The molecule has 0 saturated carbocycles. The molecule has 3 nitrogen and oxygen atoms in total. The van der Waals surface area contributed by atoms with E-state index in [1.165, 1.54) is 6.07 Å². The molecule has 1 saturated heterocycles. The van der Waals surface area contributed by atoms with Gasteiger partial charge >= 0.3 is 0 Å². The van der Waals surface area contributed by atoms with Gasteiger partial charge in [-0.05, 0) is 44.5 Å². The summed E-state index contributed by atoms with van der Waals surface area (Å²) >= 11 is 0. The van der Waals surface area contributed by atoms with Crippen molar-refractivity contribution in [1.82, 2.24) is 10.6 Å². The molecular weight excluding hydrogens is 250 g/mol. The van der Waals surface area contributed by atoms with E-state index in [4.69, 9.17) is 0 Å². The first-order chi connectivity index (χ1) is 8.90. The summed E-state index contributed by atoms with van der Waals surface area (Å²) in [5, 5.41) is 6.02. The van der Waals surface area contributed by atoms with Crippen LogP contribution in [0, 0.1) is 17.6 Å². The van der Waals surface area contributed by atoms with Crippen LogP contribution < -0.4 is 10.6 Å². The Labute approximate surface area is 111 Å². The first kappa shape index (κ1) is 13.9. The van der Waals surface area contributed by atoms with Crippen LogP contribution in [0.1, 0.15) is 25.8 Å². The molecule has 0 bridgehead atoms. The van der Waals surface area contributed by atoms with Gasteiger partial charge in [-0.3, -0.25) is 4.79 Å². The van der Waals surface area contributed by atoms with Crippen LogP contribution in [0.2, 0.25) is 0 Å². The first-order valence-corrected chi connectivity index (χ1v) is 6.38. The van der Waals surface area contributed by atoms with Gasteiger partial charge < -0.3 is 10.6 Å². The van der Waals surface area contributed by atoms with Crippen molar-refractivity contribution in [3.63, 3.8) is 0 Å². The Morgan fingerprint density at radius 1 is 1.37 bits per heavy atom. The van der Waals surface area contributed by atoms with Crippen LogP contribution in [0.4, 0.5) is 8.78 Å². The molecule has 0 aromatic heterocycles. The molecule has 104 valence electrons. The number of hydrogen-bond acceptors (Lipinski definition) is 2. The number of halogens is 2. The molecule has 0 aliphatic carbocycles. The van der Waals surface area contributed by atoms with E-state index in [2.05, 4.69) is 10.6 Å². The molecule has 1 fully saturated rings. The zero-order valence-electron chi connectivity index (χ0n) is 11.1. The zero-order chi connectivity index (χ0) is 14.0. The summed E-state index contributed by atoms with van der Waals surface area (Å²) in [4.78, 5) is 12.1. The number of carbonyl (C=O) groups excluding carboxylic acids is 1. The highest BCUT2D eigenvalue weighted by Gasteiger charge is 2.29. The van der Waals surface area contributed by atoms with E-state index in [0.29, 0.717) is 12.1 Å². The van der Waals surface area contributed by atoms with Gasteiger partial charge in [-0.25, -0.2) is 8.78 Å². The van der Waals surface area contributed by atoms with E-state index < -0.39 is 17.2 Å². The zero-order valence-corrected chi connectivity index (χ0v) is 11.1. The Morgan fingerprint density at radius 2 is 2.11 bits per heavy atom. The third-order valence-corrected chi connectivity index (χ3v) is 3.51. The summed E-state index contributed by atoms with van der Waals surface area (Å²) in [6.45, 7) is 5.06. The predicted octanol–water partition coefficient (Wildman–Crippen LogP) is 1.93. The fraction of sp³-hybridized carbons (Fsp3) is 0.500. The lowest BCUT2D eigenvalue weighted by Crippen LogP contribution is -2.44. The van der Waals surface area contributed by atoms with Gasteiger partial charge in [-0.15, -0.1) is 0 Å². The van der Waals surface area contributed by atoms with Crippen LogP contribution >= 0.6 is 0 Å². The van der Waals surface area contributed by atoms with Crippen LogP contribution in [0.25, 0.3) is 0 Å². The number of nitrogens with one attached hydrogen (secondary N) is 2. The van der Waals surface area contributed by atoms with Crippen molar-refractivity contribution in [2.24, 2.45) is 5.92 Å². The first-order valence-electron chi connectivity index (χ1n) is 6.38. The number of hydrogen-bond donors (Lipinski definition) is 2. The SMILES string of the molecule is CC(C)(NC(=O)C1CCNC1)c1ccc(F)c(F)c1. The van der Waals surface area contributed by atoms with Crippen molar-refractivity contribution < 1.29 is 13.6 Å². The molecule has 1 amide bonds. The van der Waals surface area contributed by atoms with Gasteiger partial charge in [0, 0.05) is 6.54 Å². The normalized spacial score (nSPS) is 19.5. The van der Waals surface area contributed by atoms with Crippen molar-refractivity contribution in [3.8, 4) is 0 Å². The average molecular weight is 268 g/mol. The lowest BCUT2D eigenvalue weighted by atomic mass is 9.93. The summed E-state index contributed by atoms with van der Waals surface area (Å²) < 4.78 is 26.2. The van der Waals surface area contributed by atoms with Crippen LogP contribution in [-0.2, 0) is 10.3 Å². The molecule has 1 aromatic rings. The largest absolute Gasteiger partial charge is 0.347 e. The van der Waals surface area contributed by atoms with E-state index in [1.807, 2.05) is 0 Å². The summed E-state index contributed by atoms with van der Waals surface area (Å²) in [7, 11) is 0. The van der Waals surface area contributed by atoms with Crippen molar-refractivity contribution in [2.75, 3.05) is 13.1 Å². The van der Waals surface area contributed by atoms with E-state index >= 15 is 0 Å². The Hall–Kier alpha value is -1.49. The minimum Gasteiger partial charge on any atom is -0.347 e. The van der Waals surface area contributed by atoms with Crippen molar-refractivity contribution >= 4 is 5.91 Å². The molecule has 1 aliphatic heterocycles. The van der Waals surface area contributed by atoms with Gasteiger partial charge in [-0.1, -0.05) is 6.07 Å². The topological polar surface area (TPSA) is 41.1 Å². The van der Waals surface area contributed by atoms with Gasteiger partial charge in [0.15, 0.2) is 11.6 Å². The summed E-state index contributed by atoms with van der Waals surface area (Å²) in [5.74, 6) is -1.89. The van der Waals surface area contributed by atoms with Crippen molar-refractivity contribution in [1.29, 1.82) is 0 Å². The molecule has 2 N–H and O–H groups in total. The molecule has 1 aliphatic rings. The molecule has 1 unspecified atom stereocenters. The fourth-order valence-electron chi connectivity index (χ4n) is 2.25. The maximum atomic E-state index is 13.3. The second-order valence-corrected chi connectivity index (χ2v) is 5.43. The second-order valence-electron chi connectivity index (χ2n) is 5.43. The van der Waals surface area contributed by atoms with E-state index in [0.717, 1.165) is 25.1 Å². The Bertz CT molecular complexity index is 482. The summed E-state index contributed by atoms with van der Waals surface area (Å²) in [6, 6.07) is 3.70. The highest BCUT2D eigenvalue weighted by Crippen LogP contribution is 2.23. The molecule has 1 heterocycles. The van der Waals surface area contributed by atoms with Crippen LogP contribution in [0.5, 0.6) is 0 Å². The van der Waals surface area contributed by atoms with Gasteiger partial charge in [0.1, 0.15) is 0 Å². The molecule has 1 atom stereocenters. The third kappa shape index (κ3) is 3.10. The van der Waals surface area contributed by atoms with E-state index in [9.17, 15) is 13.6 Å². The molecular formula is C14H18F2N2O. The number of benzene rings is 1. The summed E-state index contributed by atoms with van der Waals surface area (Å²) in [5.41, 5.74) is -0.181. The van der Waals surface area contributed by atoms with E-state index in [1.54, 1.807) is 13.8 Å². The molecule has 5 heteroatoms. The van der Waals surface area contributed by atoms with E-state index in [-0.39, 0.29) is 11.8 Å². The summed E-state index contributed by atoms with van der Waals surface area (Å²) in [6.07, 6.45) is 0.805. The quantitative estimate of drug-likeness (QED) is 0.879. The van der Waals surface area contributed by atoms with Crippen LogP contribution in [0.15, 0.2) is 18.2 Å². The Kier molecular flexibility index (Phi) is 3.85. The van der Waals surface area contributed by atoms with Gasteiger partial charge in [0.25, 0.3) is 0 Å². The number of carbonyl (C=O) groups is 1. The minimum absolute atomic E-state index is 0.0513. The minimum atomic E-state index is -0.901. The standard InChI is InChI=1S/C14H18F2N2O/c1-14(2,10-3-4-11(15)12(16)7-10)18-13(19)9-5-6-17-8-9/h3-4,7,9,17H,5-6,8H2,1-2H3,(H,18,19). The molecule has 0 radical (unpaired) electrons. The second kappa shape index (κ2) is 5.25. The maximum Gasteiger partial charge on any atom is 0.225 e. The lowest BCUT2D eigenvalue weighted by Gasteiger charge is -2.28. The molecule has 0 spiro atoms. The van der Waals surface area contributed by atoms with Crippen molar-refractivity contribution in [3.05, 3.63) is 35.4 Å². The molecule has 2 rings (SSSR count). The number of rotatable bonds is 3. The molecule has 1 aromatic carbocycles. The Balaban J connectivity index is 2.12. The fourth-order valence-corrected chi connectivity index (χ4v) is 2.25. The highest BCUT2D eigenvalue weighted by atomic mass is 19.2. The predicted molar refractivity (Wildman–Crippen MR) is 68.5 cm³/mol. The van der Waals surface area contributed by atoms with Gasteiger partial charge in [-0.2, -0.15) is 0 Å². The van der Waals surface area contributed by atoms with Crippen molar-refractivity contribution in [2.45, 2.75) is 25.8 Å². The smallest absolute Gasteiger partial charge is 0.225 e. The maximum absolute atomic E-state index is 13.3. The van der Waals surface area contributed by atoms with Crippen LogP contribution in [-0.4, -0.2) is 19.0 Å². The van der Waals surface area contributed by atoms with Crippen LogP contribution in [0.3, 0.4) is 0 Å². The molecule has 19 heavy (non-hydrogen) atoms. The third-order valence-electron chi connectivity index (χ3n) is 3.51. The monoisotopic (exact) mass is 268 g/mol. The van der Waals surface area contributed by atoms with Gasteiger partial charge in [0.2, 0.25) is 5.91 Å². The number of amides is 1. The lowest BCUT2D eigenvalue weighted by molar-refractivity contribution is -0.126.